The highest BCUT2D eigenvalue weighted by atomic mass is 32.1. The monoisotopic (exact) mass is 308 g/mol. The van der Waals surface area contributed by atoms with E-state index in [-0.39, 0.29) is 25.0 Å². The van der Waals surface area contributed by atoms with Gasteiger partial charge in [0.1, 0.15) is 6.61 Å². The first kappa shape index (κ1) is 17.2. The third-order valence-corrected chi connectivity index (χ3v) is 3.93. The van der Waals surface area contributed by atoms with Crippen LogP contribution < -0.4 is 5.32 Å². The van der Waals surface area contributed by atoms with Crippen molar-refractivity contribution in [2.24, 2.45) is 0 Å². The fourth-order valence-electron chi connectivity index (χ4n) is 1.74. The van der Waals surface area contributed by atoms with Gasteiger partial charge in [-0.15, -0.1) is 11.3 Å². The van der Waals surface area contributed by atoms with E-state index >= 15 is 0 Å². The van der Waals surface area contributed by atoms with Crippen molar-refractivity contribution in [2.45, 2.75) is 20.8 Å². The van der Waals surface area contributed by atoms with Crippen LogP contribution in [0.4, 0.5) is 0 Å². The lowest BCUT2D eigenvalue weighted by molar-refractivity contribution is -0.121. The highest BCUT2D eigenvalue weighted by molar-refractivity contribution is 7.14. The van der Waals surface area contributed by atoms with E-state index in [1.54, 1.807) is 6.07 Å². The third-order valence-electron chi connectivity index (χ3n) is 2.79. The van der Waals surface area contributed by atoms with E-state index in [0.717, 1.165) is 10.4 Å². The van der Waals surface area contributed by atoms with Crippen molar-refractivity contribution in [1.82, 2.24) is 10.2 Å². The summed E-state index contributed by atoms with van der Waals surface area (Å²) in [5, 5.41) is 11.4. The minimum absolute atomic E-state index is 0.0533. The quantitative estimate of drug-likeness (QED) is 0.797. The summed E-state index contributed by atoms with van der Waals surface area (Å²) in [6.07, 6.45) is 0. The van der Waals surface area contributed by atoms with E-state index in [4.69, 9.17) is 5.11 Å². The Morgan fingerprint density at radius 1 is 1.43 bits per heavy atom. The Labute approximate surface area is 129 Å². The topological polar surface area (TPSA) is 69.6 Å². The van der Waals surface area contributed by atoms with Crippen LogP contribution in [0.3, 0.4) is 0 Å². The van der Waals surface area contributed by atoms with Gasteiger partial charge in [0.25, 0.3) is 5.91 Å². The van der Waals surface area contributed by atoms with Gasteiger partial charge in [-0.25, -0.2) is 0 Å². The van der Waals surface area contributed by atoms with Crippen LogP contribution >= 0.6 is 11.3 Å². The smallest absolute Gasteiger partial charge is 0.264 e. The molecular weight excluding hydrogens is 288 g/mol. The summed E-state index contributed by atoms with van der Waals surface area (Å²) in [5.74, 6) is 5.06. The van der Waals surface area contributed by atoms with Crippen LogP contribution in [-0.4, -0.2) is 48.1 Å². The summed E-state index contributed by atoms with van der Waals surface area (Å²) in [5.41, 5.74) is 0.901. The first-order valence-electron chi connectivity index (χ1n) is 6.79. The number of carbonyl (C=O) groups is 2. The zero-order chi connectivity index (χ0) is 15.8. The van der Waals surface area contributed by atoms with Gasteiger partial charge in [0.2, 0.25) is 5.91 Å². The van der Waals surface area contributed by atoms with Gasteiger partial charge in [-0.05, 0) is 32.4 Å². The first-order chi connectivity index (χ1) is 10.0. The standard InChI is InChI=1S/C15H20N2O3S/c1-4-16-14(19)10-17(5-2)15(20)13-9-11(3)12(21-13)7-6-8-18/h9,18H,4-5,8,10H2,1-3H3,(H,16,19). The number of carbonyl (C=O) groups excluding carboxylic acids is 2. The lowest BCUT2D eigenvalue weighted by Gasteiger charge is -2.19. The predicted molar refractivity (Wildman–Crippen MR) is 83.3 cm³/mol. The number of nitrogens with zero attached hydrogens (tertiary/aromatic N) is 1. The zero-order valence-corrected chi connectivity index (χ0v) is 13.3. The molecule has 0 aliphatic heterocycles. The molecule has 21 heavy (non-hydrogen) atoms. The molecule has 0 radical (unpaired) electrons. The SMILES string of the molecule is CCNC(=O)CN(CC)C(=O)c1cc(C)c(C#CCO)s1. The molecule has 1 heterocycles. The molecule has 0 aliphatic carbocycles. The van der Waals surface area contributed by atoms with Crippen LogP contribution in [0, 0.1) is 18.8 Å². The van der Waals surface area contributed by atoms with Crippen LogP contribution in [0.5, 0.6) is 0 Å². The van der Waals surface area contributed by atoms with Crippen molar-refractivity contribution < 1.29 is 14.7 Å². The van der Waals surface area contributed by atoms with Gasteiger partial charge in [-0.1, -0.05) is 11.8 Å². The molecule has 0 atom stereocenters. The van der Waals surface area contributed by atoms with E-state index in [0.29, 0.717) is 18.0 Å². The average Bonchev–Trinajstić information content (AvgIpc) is 2.83. The second kappa shape index (κ2) is 8.45. The normalized spacial score (nSPS) is 9.71. The van der Waals surface area contributed by atoms with Crippen LogP contribution in [0.2, 0.25) is 0 Å². The molecule has 5 nitrogen and oxygen atoms in total. The summed E-state index contributed by atoms with van der Waals surface area (Å²) in [7, 11) is 0. The van der Waals surface area contributed by atoms with E-state index < -0.39 is 0 Å². The van der Waals surface area contributed by atoms with Crippen molar-refractivity contribution in [1.29, 1.82) is 0 Å². The molecule has 1 rings (SSSR count). The van der Waals surface area contributed by atoms with Crippen LogP contribution in [-0.2, 0) is 4.79 Å². The Morgan fingerprint density at radius 3 is 2.71 bits per heavy atom. The summed E-state index contributed by atoms with van der Waals surface area (Å²) in [6.45, 7) is 6.40. The maximum Gasteiger partial charge on any atom is 0.264 e. The highest BCUT2D eigenvalue weighted by Gasteiger charge is 2.19. The van der Waals surface area contributed by atoms with Crippen molar-refractivity contribution in [3.05, 3.63) is 21.4 Å². The molecule has 1 aromatic rings. The van der Waals surface area contributed by atoms with Crippen LogP contribution in [0.25, 0.3) is 0 Å². The van der Waals surface area contributed by atoms with Gasteiger partial charge in [-0.2, -0.15) is 0 Å². The van der Waals surface area contributed by atoms with Crippen LogP contribution in [0.15, 0.2) is 6.07 Å². The molecule has 0 aliphatic rings. The molecule has 0 aromatic carbocycles. The lowest BCUT2D eigenvalue weighted by Crippen LogP contribution is -2.40. The summed E-state index contributed by atoms with van der Waals surface area (Å²) in [6, 6.07) is 1.77. The largest absolute Gasteiger partial charge is 0.384 e. The van der Waals surface area contributed by atoms with Gasteiger partial charge >= 0.3 is 0 Å². The van der Waals surface area contributed by atoms with E-state index in [1.807, 2.05) is 20.8 Å². The molecule has 0 unspecified atom stereocenters. The Hall–Kier alpha value is -1.84. The van der Waals surface area contributed by atoms with Crippen LogP contribution in [0.1, 0.15) is 34.0 Å². The third kappa shape index (κ3) is 4.88. The maximum absolute atomic E-state index is 12.4. The molecule has 0 fully saturated rings. The van der Waals surface area contributed by atoms with Gasteiger partial charge in [0.05, 0.1) is 16.3 Å². The molecule has 2 N–H and O–H groups in total. The zero-order valence-electron chi connectivity index (χ0n) is 12.5. The average molecular weight is 308 g/mol. The fraction of sp³-hybridized carbons (Fsp3) is 0.467. The minimum atomic E-state index is -0.209. The number of thiophene rings is 1. The number of rotatable bonds is 5. The number of hydrogen-bond acceptors (Lipinski definition) is 4. The second-order valence-electron chi connectivity index (χ2n) is 4.36. The van der Waals surface area contributed by atoms with Gasteiger partial charge < -0.3 is 15.3 Å². The number of nitrogens with one attached hydrogen (secondary N) is 1. The van der Waals surface area contributed by atoms with Gasteiger partial charge in [-0.3, -0.25) is 9.59 Å². The minimum Gasteiger partial charge on any atom is -0.384 e. The van der Waals surface area contributed by atoms with E-state index in [2.05, 4.69) is 17.2 Å². The Morgan fingerprint density at radius 2 is 2.14 bits per heavy atom. The molecule has 6 heteroatoms. The highest BCUT2D eigenvalue weighted by Crippen LogP contribution is 2.22. The second-order valence-corrected chi connectivity index (χ2v) is 5.41. The Kier molecular flexibility index (Phi) is 6.92. The molecule has 0 saturated heterocycles. The number of likely N-dealkylation sites (N-methyl/N-ethyl adjacent to an activating group) is 2. The summed E-state index contributed by atoms with van der Waals surface area (Å²) >= 11 is 1.28. The number of aliphatic hydroxyl groups is 1. The van der Waals surface area contributed by atoms with Crippen molar-refractivity contribution in [3.8, 4) is 11.8 Å². The molecule has 0 bridgehead atoms. The molecule has 114 valence electrons. The van der Waals surface area contributed by atoms with Crippen molar-refractivity contribution >= 4 is 23.2 Å². The molecule has 1 aromatic heterocycles. The summed E-state index contributed by atoms with van der Waals surface area (Å²) in [4.78, 5) is 26.8. The number of aryl methyl sites for hydroxylation is 1. The number of aliphatic hydroxyl groups excluding tert-OH is 1. The summed E-state index contributed by atoms with van der Waals surface area (Å²) < 4.78 is 0. The maximum atomic E-state index is 12.4. The first-order valence-corrected chi connectivity index (χ1v) is 7.61. The lowest BCUT2D eigenvalue weighted by atomic mass is 10.2. The molecular formula is C15H20N2O3S. The fourth-order valence-corrected chi connectivity index (χ4v) is 2.76. The number of amides is 2. The van der Waals surface area contributed by atoms with Gasteiger partial charge in [0, 0.05) is 13.1 Å². The molecule has 0 spiro atoms. The Bertz CT molecular complexity index is 569. The molecule has 2 amide bonds. The van der Waals surface area contributed by atoms with E-state index in [9.17, 15) is 9.59 Å². The van der Waals surface area contributed by atoms with Crippen molar-refractivity contribution in [3.63, 3.8) is 0 Å². The number of hydrogen-bond donors (Lipinski definition) is 2. The Balaban J connectivity index is 2.88. The van der Waals surface area contributed by atoms with Gasteiger partial charge in [0.15, 0.2) is 0 Å². The van der Waals surface area contributed by atoms with Crippen molar-refractivity contribution in [2.75, 3.05) is 26.2 Å². The molecule has 0 saturated carbocycles. The predicted octanol–water partition coefficient (Wildman–Crippen LogP) is 0.999. The van der Waals surface area contributed by atoms with E-state index in [1.165, 1.54) is 16.2 Å².